The molecule has 1 amide bonds. The predicted octanol–water partition coefficient (Wildman–Crippen LogP) is 2.79. The maximum atomic E-state index is 13.3. The molecule has 0 bridgehead atoms. The molecule has 0 atom stereocenters. The van der Waals surface area contributed by atoms with Crippen molar-refractivity contribution in [2.75, 3.05) is 6.26 Å². The molecule has 2 heterocycles. The van der Waals surface area contributed by atoms with Crippen molar-refractivity contribution in [1.82, 2.24) is 9.55 Å². The maximum Gasteiger partial charge on any atom is 0.261 e. The van der Waals surface area contributed by atoms with Crippen LogP contribution in [0.2, 0.25) is 0 Å². The molecule has 2 aromatic heterocycles. The van der Waals surface area contributed by atoms with E-state index in [1.165, 1.54) is 18.3 Å². The van der Waals surface area contributed by atoms with Gasteiger partial charge in [0.1, 0.15) is 11.4 Å². The molecule has 0 fully saturated rings. The van der Waals surface area contributed by atoms with Crippen LogP contribution in [0.4, 0.5) is 4.39 Å². The highest BCUT2D eigenvalue weighted by Gasteiger charge is 2.15. The van der Waals surface area contributed by atoms with Crippen LogP contribution in [0.5, 0.6) is 0 Å². The average molecular weight is 455 g/mol. The summed E-state index contributed by atoms with van der Waals surface area (Å²) in [4.78, 5) is 28.4. The van der Waals surface area contributed by atoms with Crippen LogP contribution in [0.3, 0.4) is 0 Å². The third kappa shape index (κ3) is 5.42. The molecule has 4 rings (SSSR count). The van der Waals surface area contributed by atoms with E-state index < -0.39 is 21.5 Å². The number of amides is 1. The number of pyridine rings is 2. The molecule has 2 aromatic carbocycles. The van der Waals surface area contributed by atoms with E-state index in [4.69, 9.17) is 10.3 Å². The molecule has 0 spiro atoms. The van der Waals surface area contributed by atoms with E-state index >= 15 is 0 Å². The topological polar surface area (TPSA) is 132 Å². The van der Waals surface area contributed by atoms with Crippen LogP contribution in [0.1, 0.15) is 10.4 Å². The largest absolute Gasteiger partial charge is 0.365 e. The van der Waals surface area contributed by atoms with Gasteiger partial charge in [0, 0.05) is 29.7 Å². The Hall–Kier alpha value is -3.89. The van der Waals surface area contributed by atoms with E-state index in [1.807, 2.05) is 18.2 Å². The van der Waals surface area contributed by atoms with Gasteiger partial charge in [-0.15, -0.1) is 0 Å². The standard InChI is InChI=1S/C21H14FN3O2.CH4O3S/c22-15-2-4-16(5-3-15)25-12-18(21(23)27)20(26)17-6-1-14(11-19(17)25)13-7-9-24-10-8-13;1-5(2,3)4/h1-12H,(H2,23,27);1H3,(H,2,3,4). The van der Waals surface area contributed by atoms with Gasteiger partial charge in [0.05, 0.1) is 11.8 Å². The molecule has 4 aromatic rings. The Bertz CT molecular complexity index is 1440. The first-order valence-electron chi connectivity index (χ1n) is 9.12. The zero-order chi connectivity index (χ0) is 23.5. The second-order valence-corrected chi connectivity index (χ2v) is 8.25. The van der Waals surface area contributed by atoms with Crippen molar-refractivity contribution in [2.45, 2.75) is 0 Å². The van der Waals surface area contributed by atoms with Crippen molar-refractivity contribution >= 4 is 26.9 Å². The van der Waals surface area contributed by atoms with Crippen LogP contribution in [0, 0.1) is 5.82 Å². The van der Waals surface area contributed by atoms with Crippen molar-refractivity contribution in [1.29, 1.82) is 0 Å². The number of rotatable bonds is 3. The molecule has 0 aliphatic rings. The van der Waals surface area contributed by atoms with Gasteiger partial charge in [-0.1, -0.05) is 6.07 Å². The fraction of sp³-hybridized carbons (Fsp3) is 0.0455. The number of benzene rings is 2. The number of hydrogen-bond acceptors (Lipinski definition) is 5. The Morgan fingerprint density at radius 3 is 2.19 bits per heavy atom. The first kappa shape index (κ1) is 22.8. The van der Waals surface area contributed by atoms with E-state index in [0.29, 0.717) is 22.8 Å². The number of carbonyl (C=O) groups excluding carboxylic acids is 1. The highest BCUT2D eigenvalue weighted by Crippen LogP contribution is 2.25. The summed E-state index contributed by atoms with van der Waals surface area (Å²) in [6.07, 6.45) is 5.48. The van der Waals surface area contributed by atoms with E-state index in [-0.39, 0.29) is 11.4 Å². The number of halogens is 1. The number of carbonyl (C=O) groups is 1. The van der Waals surface area contributed by atoms with Gasteiger partial charge >= 0.3 is 0 Å². The van der Waals surface area contributed by atoms with Crippen LogP contribution in [0.25, 0.3) is 27.7 Å². The minimum atomic E-state index is -3.67. The van der Waals surface area contributed by atoms with Gasteiger partial charge < -0.3 is 10.3 Å². The molecule has 0 unspecified atom stereocenters. The smallest absolute Gasteiger partial charge is 0.261 e. The van der Waals surface area contributed by atoms with Crippen molar-refractivity contribution in [2.24, 2.45) is 5.73 Å². The molecule has 32 heavy (non-hydrogen) atoms. The summed E-state index contributed by atoms with van der Waals surface area (Å²) in [6.45, 7) is 0. The second kappa shape index (κ2) is 9.08. The summed E-state index contributed by atoms with van der Waals surface area (Å²) in [5.74, 6) is -1.19. The van der Waals surface area contributed by atoms with Crippen LogP contribution >= 0.6 is 0 Å². The SMILES string of the molecule is CS(=O)(=O)O.NC(=O)c1cn(-c2ccc(F)cc2)c2cc(-c3ccncc3)ccc2c1=O. The van der Waals surface area contributed by atoms with Crippen LogP contribution in [0.15, 0.2) is 78.0 Å². The van der Waals surface area contributed by atoms with Crippen LogP contribution in [-0.2, 0) is 10.1 Å². The van der Waals surface area contributed by atoms with E-state index in [0.717, 1.165) is 11.1 Å². The fourth-order valence-electron chi connectivity index (χ4n) is 3.04. The minimum absolute atomic E-state index is 0.122. The number of fused-ring (bicyclic) bond motifs is 1. The summed E-state index contributed by atoms with van der Waals surface area (Å²) in [7, 11) is -3.67. The van der Waals surface area contributed by atoms with Crippen molar-refractivity contribution < 1.29 is 22.2 Å². The highest BCUT2D eigenvalue weighted by atomic mass is 32.2. The first-order valence-corrected chi connectivity index (χ1v) is 11.0. The Labute approximate surface area is 182 Å². The maximum absolute atomic E-state index is 13.3. The minimum Gasteiger partial charge on any atom is -0.365 e. The average Bonchev–Trinajstić information content (AvgIpc) is 2.74. The number of hydrogen-bond donors (Lipinski definition) is 2. The van der Waals surface area contributed by atoms with Gasteiger partial charge in [0.2, 0.25) is 5.43 Å². The monoisotopic (exact) mass is 455 g/mol. The van der Waals surface area contributed by atoms with Gasteiger partial charge in [0.25, 0.3) is 16.0 Å². The normalized spacial score (nSPS) is 11.0. The molecule has 3 N–H and O–H groups in total. The van der Waals surface area contributed by atoms with Gasteiger partial charge in [-0.3, -0.25) is 19.1 Å². The predicted molar refractivity (Wildman–Crippen MR) is 119 cm³/mol. The van der Waals surface area contributed by atoms with Gasteiger partial charge in [-0.25, -0.2) is 4.39 Å². The van der Waals surface area contributed by atoms with Crippen LogP contribution in [-0.4, -0.2) is 34.7 Å². The lowest BCUT2D eigenvalue weighted by molar-refractivity contribution is 0.0999. The molecule has 8 nitrogen and oxygen atoms in total. The number of primary amides is 1. The summed E-state index contributed by atoms with van der Waals surface area (Å²) in [6, 6.07) is 14.8. The van der Waals surface area contributed by atoms with Gasteiger partial charge in [0.15, 0.2) is 0 Å². The fourth-order valence-corrected chi connectivity index (χ4v) is 3.04. The Balaban J connectivity index is 0.000000523. The lowest BCUT2D eigenvalue weighted by Gasteiger charge is -2.14. The third-order valence-electron chi connectivity index (χ3n) is 4.39. The number of nitrogens with two attached hydrogens (primary N) is 1. The molecule has 164 valence electrons. The molecular formula is C22H18FN3O5S. The molecule has 0 saturated carbocycles. The van der Waals surface area contributed by atoms with E-state index in [9.17, 15) is 22.4 Å². The van der Waals surface area contributed by atoms with Gasteiger partial charge in [-0.2, -0.15) is 8.42 Å². The Morgan fingerprint density at radius 1 is 1.03 bits per heavy atom. The molecular weight excluding hydrogens is 437 g/mol. The van der Waals surface area contributed by atoms with Crippen LogP contribution < -0.4 is 11.2 Å². The van der Waals surface area contributed by atoms with Gasteiger partial charge in [-0.05, 0) is 59.7 Å². The lowest BCUT2D eigenvalue weighted by atomic mass is 10.0. The summed E-state index contributed by atoms with van der Waals surface area (Å²) in [5, 5.41) is 0.355. The molecule has 0 aliphatic carbocycles. The Morgan fingerprint density at radius 2 is 1.62 bits per heavy atom. The second-order valence-electron chi connectivity index (χ2n) is 6.78. The first-order chi connectivity index (χ1) is 15.0. The highest BCUT2D eigenvalue weighted by molar-refractivity contribution is 7.85. The number of aromatic nitrogens is 2. The van der Waals surface area contributed by atoms with Crippen molar-refractivity contribution in [3.8, 4) is 16.8 Å². The summed E-state index contributed by atoms with van der Waals surface area (Å²) in [5.41, 5.74) is 7.84. The van der Waals surface area contributed by atoms with Crippen molar-refractivity contribution in [3.63, 3.8) is 0 Å². The Kier molecular flexibility index (Phi) is 6.47. The third-order valence-corrected chi connectivity index (χ3v) is 4.39. The van der Waals surface area contributed by atoms with E-state index in [1.54, 1.807) is 41.2 Å². The zero-order valence-corrected chi connectivity index (χ0v) is 17.6. The van der Waals surface area contributed by atoms with E-state index in [2.05, 4.69) is 4.98 Å². The van der Waals surface area contributed by atoms with Crippen molar-refractivity contribution in [3.05, 3.63) is 94.8 Å². The molecule has 0 saturated heterocycles. The summed E-state index contributed by atoms with van der Waals surface area (Å²) < 4.78 is 40.9. The lowest BCUT2D eigenvalue weighted by Crippen LogP contribution is -2.23. The zero-order valence-electron chi connectivity index (χ0n) is 16.8. The molecule has 10 heteroatoms. The quantitative estimate of drug-likeness (QED) is 0.457. The number of nitrogens with zero attached hydrogens (tertiary/aromatic N) is 2. The summed E-state index contributed by atoms with van der Waals surface area (Å²) >= 11 is 0. The molecule has 0 aliphatic heterocycles. The molecule has 0 radical (unpaired) electrons.